The number of halogens is 1. The highest BCUT2D eigenvalue weighted by atomic mass is 35.5. The van der Waals surface area contributed by atoms with Gasteiger partial charge in [0.15, 0.2) is 0 Å². The second kappa shape index (κ2) is 9.90. The molecule has 27 heavy (non-hydrogen) atoms. The van der Waals surface area contributed by atoms with Gasteiger partial charge in [-0.1, -0.05) is 35.9 Å². The summed E-state index contributed by atoms with van der Waals surface area (Å²) in [5.41, 5.74) is 9.09. The molecule has 0 aliphatic heterocycles. The minimum atomic E-state index is 0.711. The molecule has 0 spiro atoms. The van der Waals surface area contributed by atoms with Crippen LogP contribution in [0.1, 0.15) is 42.4 Å². The molecule has 0 bridgehead atoms. The van der Waals surface area contributed by atoms with Crippen LogP contribution in [0.3, 0.4) is 0 Å². The van der Waals surface area contributed by atoms with Gasteiger partial charge in [-0.2, -0.15) is 5.26 Å². The third-order valence-corrected chi connectivity index (χ3v) is 5.88. The van der Waals surface area contributed by atoms with Crippen LogP contribution in [0.25, 0.3) is 0 Å². The van der Waals surface area contributed by atoms with E-state index in [4.69, 9.17) is 22.6 Å². The summed E-state index contributed by atoms with van der Waals surface area (Å²) in [4.78, 5) is 2.53. The monoisotopic (exact) mass is 381 g/mol. The van der Waals surface area contributed by atoms with E-state index in [2.05, 4.69) is 35.2 Å². The molecule has 0 unspecified atom stereocenters. The van der Waals surface area contributed by atoms with Crippen molar-refractivity contribution in [1.82, 2.24) is 4.90 Å². The fourth-order valence-corrected chi connectivity index (χ4v) is 4.12. The Morgan fingerprint density at radius 3 is 1.93 bits per heavy atom. The summed E-state index contributed by atoms with van der Waals surface area (Å²) in [7, 11) is 0. The van der Waals surface area contributed by atoms with Gasteiger partial charge in [-0.15, -0.1) is 0 Å². The molecule has 1 aliphatic rings. The van der Waals surface area contributed by atoms with Crippen molar-refractivity contribution in [2.24, 2.45) is 17.6 Å². The molecule has 2 aromatic rings. The zero-order chi connectivity index (χ0) is 19.1. The minimum absolute atomic E-state index is 0.711. The van der Waals surface area contributed by atoms with Crippen molar-refractivity contribution in [1.29, 1.82) is 5.26 Å². The number of nitrogens with zero attached hydrogens (tertiary/aromatic N) is 2. The number of rotatable bonds is 7. The second-order valence-corrected chi connectivity index (χ2v) is 8.16. The molecule has 2 N–H and O–H groups in total. The molecule has 0 aromatic heterocycles. The van der Waals surface area contributed by atoms with Crippen molar-refractivity contribution < 1.29 is 0 Å². The Morgan fingerprint density at radius 2 is 1.41 bits per heavy atom. The number of hydrogen-bond acceptors (Lipinski definition) is 3. The molecule has 142 valence electrons. The van der Waals surface area contributed by atoms with E-state index < -0.39 is 0 Å². The second-order valence-electron chi connectivity index (χ2n) is 7.73. The number of nitriles is 1. The Labute approximate surface area is 167 Å². The Kier molecular flexibility index (Phi) is 7.29. The number of benzene rings is 2. The largest absolute Gasteiger partial charge is 0.330 e. The standard InChI is InChI=1S/C23H28ClN3/c24-23-11-9-22(10-12-23)17-27(15-20-5-1-18(13-25)2-6-20)16-21-7-3-19(14-26)4-8-21/h1-2,5-6,9-12,19,21H,3-4,7-8,14-17,26H2. The van der Waals surface area contributed by atoms with E-state index in [1.54, 1.807) is 0 Å². The molecule has 0 saturated heterocycles. The fraction of sp³-hybridized carbons (Fsp3) is 0.435. The summed E-state index contributed by atoms with van der Waals surface area (Å²) in [5, 5.41) is 9.78. The molecule has 3 nitrogen and oxygen atoms in total. The predicted octanol–water partition coefficient (Wildman–Crippen LogP) is 4.98. The zero-order valence-corrected chi connectivity index (χ0v) is 16.5. The van der Waals surface area contributed by atoms with Crippen LogP contribution in [0.4, 0.5) is 0 Å². The van der Waals surface area contributed by atoms with E-state index in [1.807, 2.05) is 24.3 Å². The van der Waals surface area contributed by atoms with Gasteiger partial charge >= 0.3 is 0 Å². The lowest BCUT2D eigenvalue weighted by molar-refractivity contribution is 0.170. The maximum atomic E-state index is 9.01. The van der Waals surface area contributed by atoms with Crippen molar-refractivity contribution in [2.45, 2.75) is 38.8 Å². The lowest BCUT2D eigenvalue weighted by atomic mass is 9.82. The summed E-state index contributed by atoms with van der Waals surface area (Å²) < 4.78 is 0. The first-order chi connectivity index (χ1) is 13.2. The van der Waals surface area contributed by atoms with Crippen LogP contribution < -0.4 is 5.73 Å². The molecule has 0 amide bonds. The first-order valence-electron chi connectivity index (χ1n) is 9.82. The highest BCUT2D eigenvalue weighted by Crippen LogP contribution is 2.29. The van der Waals surface area contributed by atoms with Crippen LogP contribution in [0.2, 0.25) is 5.02 Å². The van der Waals surface area contributed by atoms with Gasteiger partial charge in [-0.25, -0.2) is 0 Å². The maximum absolute atomic E-state index is 9.01. The highest BCUT2D eigenvalue weighted by molar-refractivity contribution is 6.30. The van der Waals surface area contributed by atoms with Crippen LogP contribution in [-0.2, 0) is 13.1 Å². The normalized spacial score (nSPS) is 19.8. The van der Waals surface area contributed by atoms with Crippen LogP contribution in [0.5, 0.6) is 0 Å². The van der Waals surface area contributed by atoms with Crippen molar-refractivity contribution in [3.05, 3.63) is 70.2 Å². The molecule has 4 heteroatoms. The molecule has 3 rings (SSSR count). The van der Waals surface area contributed by atoms with E-state index in [0.717, 1.165) is 37.1 Å². The molecule has 0 atom stereocenters. The third-order valence-electron chi connectivity index (χ3n) is 5.62. The lowest BCUT2D eigenvalue weighted by Crippen LogP contribution is -2.32. The first-order valence-corrected chi connectivity index (χ1v) is 10.2. The van der Waals surface area contributed by atoms with Crippen molar-refractivity contribution in [3.63, 3.8) is 0 Å². The van der Waals surface area contributed by atoms with Gasteiger partial charge in [0.05, 0.1) is 11.6 Å². The van der Waals surface area contributed by atoms with Crippen molar-refractivity contribution in [3.8, 4) is 6.07 Å². The molecule has 0 radical (unpaired) electrons. The average molecular weight is 382 g/mol. The summed E-state index contributed by atoms with van der Waals surface area (Å²) in [6.45, 7) is 3.73. The van der Waals surface area contributed by atoms with Crippen molar-refractivity contribution in [2.75, 3.05) is 13.1 Å². The van der Waals surface area contributed by atoms with E-state index in [1.165, 1.54) is 36.8 Å². The quantitative estimate of drug-likeness (QED) is 0.735. The number of hydrogen-bond donors (Lipinski definition) is 1. The van der Waals surface area contributed by atoms with Gasteiger partial charge in [0.1, 0.15) is 0 Å². The highest BCUT2D eigenvalue weighted by Gasteiger charge is 2.22. The Balaban J connectivity index is 1.67. The summed E-state index contributed by atoms with van der Waals surface area (Å²) in [6.07, 6.45) is 5.05. The zero-order valence-electron chi connectivity index (χ0n) is 15.8. The van der Waals surface area contributed by atoms with Gasteiger partial charge in [-0.3, -0.25) is 4.90 Å². The molecule has 2 aromatic carbocycles. The van der Waals surface area contributed by atoms with Gasteiger partial charge in [0, 0.05) is 24.7 Å². The topological polar surface area (TPSA) is 53.0 Å². The van der Waals surface area contributed by atoms with Gasteiger partial charge in [0.25, 0.3) is 0 Å². The average Bonchev–Trinajstić information content (AvgIpc) is 2.71. The van der Waals surface area contributed by atoms with Crippen LogP contribution >= 0.6 is 11.6 Å². The lowest BCUT2D eigenvalue weighted by Gasteiger charge is -2.32. The minimum Gasteiger partial charge on any atom is -0.330 e. The molecular weight excluding hydrogens is 354 g/mol. The van der Waals surface area contributed by atoms with Gasteiger partial charge in [0.2, 0.25) is 0 Å². The summed E-state index contributed by atoms with van der Waals surface area (Å²) in [5.74, 6) is 1.45. The van der Waals surface area contributed by atoms with E-state index in [9.17, 15) is 0 Å². The van der Waals surface area contributed by atoms with E-state index >= 15 is 0 Å². The van der Waals surface area contributed by atoms with Gasteiger partial charge in [-0.05, 0) is 79.5 Å². The summed E-state index contributed by atoms with van der Waals surface area (Å²) >= 11 is 6.04. The van der Waals surface area contributed by atoms with Crippen LogP contribution in [0.15, 0.2) is 48.5 Å². The smallest absolute Gasteiger partial charge is 0.0991 e. The molecular formula is C23H28ClN3. The van der Waals surface area contributed by atoms with Crippen LogP contribution in [0, 0.1) is 23.2 Å². The maximum Gasteiger partial charge on any atom is 0.0991 e. The van der Waals surface area contributed by atoms with Gasteiger partial charge < -0.3 is 5.73 Å². The SMILES string of the molecule is N#Cc1ccc(CN(Cc2ccc(Cl)cc2)CC2CCC(CN)CC2)cc1. The Hall–Kier alpha value is -1.86. The molecule has 0 heterocycles. The van der Waals surface area contributed by atoms with E-state index in [0.29, 0.717) is 11.5 Å². The molecule has 1 saturated carbocycles. The van der Waals surface area contributed by atoms with Crippen molar-refractivity contribution >= 4 is 11.6 Å². The third kappa shape index (κ3) is 6.07. The van der Waals surface area contributed by atoms with E-state index in [-0.39, 0.29) is 0 Å². The summed E-state index contributed by atoms with van der Waals surface area (Å²) in [6, 6.07) is 18.3. The first kappa shape index (κ1) is 19.9. The Morgan fingerprint density at radius 1 is 0.889 bits per heavy atom. The predicted molar refractivity (Wildman–Crippen MR) is 111 cm³/mol. The molecule has 1 aliphatic carbocycles. The van der Waals surface area contributed by atoms with Crippen LogP contribution in [-0.4, -0.2) is 18.0 Å². The molecule has 1 fully saturated rings. The Bertz CT molecular complexity index is 741. The fourth-order valence-electron chi connectivity index (χ4n) is 3.99. The number of nitrogens with two attached hydrogens (primary N) is 1.